The van der Waals surface area contributed by atoms with Gasteiger partial charge in [0, 0.05) is 26.3 Å². The zero-order valence-electron chi connectivity index (χ0n) is 11.4. The molecule has 0 aliphatic rings. The largest absolute Gasteiger partial charge is 0.479 e. The SMILES string of the molecule is CCOCCN(CCOCC)C(=O)NOCC(=O)O. The maximum Gasteiger partial charge on any atom is 0.341 e. The minimum absolute atomic E-state index is 0.378. The molecule has 8 heteroatoms. The lowest BCUT2D eigenvalue weighted by atomic mass is 10.5. The summed E-state index contributed by atoms with van der Waals surface area (Å²) in [6.07, 6.45) is 0. The Hall–Kier alpha value is -1.38. The van der Waals surface area contributed by atoms with E-state index >= 15 is 0 Å². The number of hydrogen-bond donors (Lipinski definition) is 2. The van der Waals surface area contributed by atoms with Gasteiger partial charge in [0.05, 0.1) is 13.2 Å². The molecule has 0 aromatic carbocycles. The van der Waals surface area contributed by atoms with Crippen LogP contribution in [-0.2, 0) is 19.1 Å². The Morgan fingerprint density at radius 1 is 1.11 bits per heavy atom. The first-order valence-electron chi connectivity index (χ1n) is 6.15. The van der Waals surface area contributed by atoms with Gasteiger partial charge < -0.3 is 19.5 Å². The van der Waals surface area contributed by atoms with E-state index in [0.29, 0.717) is 39.5 Å². The van der Waals surface area contributed by atoms with E-state index in [9.17, 15) is 9.59 Å². The van der Waals surface area contributed by atoms with Crippen LogP contribution in [0.25, 0.3) is 0 Å². The summed E-state index contributed by atoms with van der Waals surface area (Å²) < 4.78 is 10.3. The Bertz CT molecular complexity index is 252. The van der Waals surface area contributed by atoms with E-state index in [4.69, 9.17) is 14.6 Å². The van der Waals surface area contributed by atoms with Crippen molar-refractivity contribution in [2.45, 2.75) is 13.8 Å². The summed E-state index contributed by atoms with van der Waals surface area (Å²) in [5.74, 6) is -1.16. The van der Waals surface area contributed by atoms with Crippen molar-refractivity contribution < 1.29 is 29.0 Å². The smallest absolute Gasteiger partial charge is 0.341 e. The number of hydrogen-bond acceptors (Lipinski definition) is 5. The van der Waals surface area contributed by atoms with Crippen molar-refractivity contribution >= 4 is 12.0 Å². The second-order valence-corrected chi connectivity index (χ2v) is 3.47. The predicted octanol–water partition coefficient (Wildman–Crippen LogP) is 0.0872. The topological polar surface area (TPSA) is 97.3 Å². The number of urea groups is 1. The van der Waals surface area contributed by atoms with Crippen LogP contribution in [0.3, 0.4) is 0 Å². The quantitative estimate of drug-likeness (QED) is 0.410. The summed E-state index contributed by atoms with van der Waals surface area (Å²) in [6, 6.07) is -0.513. The fourth-order valence-corrected chi connectivity index (χ4v) is 1.18. The molecule has 0 bridgehead atoms. The molecule has 0 spiro atoms. The van der Waals surface area contributed by atoms with Crippen LogP contribution in [0, 0.1) is 0 Å². The average Bonchev–Trinajstić information content (AvgIpc) is 2.36. The molecule has 19 heavy (non-hydrogen) atoms. The van der Waals surface area contributed by atoms with Gasteiger partial charge in [-0.05, 0) is 13.8 Å². The van der Waals surface area contributed by atoms with E-state index in [0.717, 1.165) is 0 Å². The van der Waals surface area contributed by atoms with Gasteiger partial charge in [-0.25, -0.2) is 15.1 Å². The predicted molar refractivity (Wildman–Crippen MR) is 66.7 cm³/mol. The van der Waals surface area contributed by atoms with Crippen LogP contribution in [0.15, 0.2) is 0 Å². The molecule has 0 unspecified atom stereocenters. The normalized spacial score (nSPS) is 10.2. The van der Waals surface area contributed by atoms with E-state index in [1.807, 2.05) is 13.8 Å². The minimum atomic E-state index is -1.16. The third-order valence-corrected chi connectivity index (χ3v) is 2.06. The first-order valence-corrected chi connectivity index (χ1v) is 6.15. The minimum Gasteiger partial charge on any atom is -0.479 e. The second-order valence-electron chi connectivity index (χ2n) is 3.47. The molecule has 0 saturated heterocycles. The molecule has 2 N–H and O–H groups in total. The third kappa shape index (κ3) is 10.2. The van der Waals surface area contributed by atoms with Crippen molar-refractivity contribution in [3.63, 3.8) is 0 Å². The van der Waals surface area contributed by atoms with Gasteiger partial charge in [0.1, 0.15) is 0 Å². The second kappa shape index (κ2) is 11.7. The molecule has 0 aromatic heterocycles. The molecule has 0 radical (unpaired) electrons. The van der Waals surface area contributed by atoms with Crippen molar-refractivity contribution in [2.75, 3.05) is 46.1 Å². The molecular weight excluding hydrogens is 256 g/mol. The fourth-order valence-electron chi connectivity index (χ4n) is 1.18. The number of carbonyl (C=O) groups is 2. The molecule has 0 atom stereocenters. The van der Waals surface area contributed by atoms with Crippen LogP contribution in [0.1, 0.15) is 13.8 Å². The van der Waals surface area contributed by atoms with E-state index in [1.54, 1.807) is 0 Å². The van der Waals surface area contributed by atoms with Crippen molar-refractivity contribution in [1.29, 1.82) is 0 Å². The van der Waals surface area contributed by atoms with Gasteiger partial charge in [-0.1, -0.05) is 0 Å². The first-order chi connectivity index (χ1) is 9.11. The number of rotatable bonds is 11. The Morgan fingerprint density at radius 2 is 1.63 bits per heavy atom. The summed E-state index contributed by atoms with van der Waals surface area (Å²) in [5.41, 5.74) is 2.06. The van der Waals surface area contributed by atoms with Gasteiger partial charge in [-0.3, -0.25) is 4.84 Å². The zero-order chi connectivity index (χ0) is 14.5. The van der Waals surface area contributed by atoms with Crippen molar-refractivity contribution in [1.82, 2.24) is 10.4 Å². The van der Waals surface area contributed by atoms with E-state index in [2.05, 4.69) is 10.3 Å². The molecule has 8 nitrogen and oxygen atoms in total. The number of carbonyl (C=O) groups excluding carboxylic acids is 1. The molecule has 0 aliphatic heterocycles. The van der Waals surface area contributed by atoms with Gasteiger partial charge >= 0.3 is 12.0 Å². The molecule has 0 heterocycles. The van der Waals surface area contributed by atoms with Crippen LogP contribution in [0.2, 0.25) is 0 Å². The van der Waals surface area contributed by atoms with Gasteiger partial charge in [0.15, 0.2) is 6.61 Å². The fraction of sp³-hybridized carbons (Fsp3) is 0.818. The Kier molecular flexibility index (Phi) is 10.8. The number of carboxylic acid groups (broad SMARTS) is 1. The highest BCUT2D eigenvalue weighted by Gasteiger charge is 2.13. The van der Waals surface area contributed by atoms with Crippen LogP contribution >= 0.6 is 0 Å². The molecule has 2 amide bonds. The molecule has 0 aliphatic carbocycles. The number of nitrogens with one attached hydrogen (secondary N) is 1. The van der Waals surface area contributed by atoms with Crippen molar-refractivity contribution in [3.05, 3.63) is 0 Å². The lowest BCUT2D eigenvalue weighted by Gasteiger charge is -2.22. The lowest BCUT2D eigenvalue weighted by Crippen LogP contribution is -2.43. The molecular formula is C11H22N2O6. The van der Waals surface area contributed by atoms with E-state index < -0.39 is 18.6 Å². The third-order valence-electron chi connectivity index (χ3n) is 2.06. The number of ether oxygens (including phenoxy) is 2. The summed E-state index contributed by atoms with van der Waals surface area (Å²) in [5, 5.41) is 8.38. The number of hydroxylamine groups is 1. The van der Waals surface area contributed by atoms with Crippen LogP contribution in [0.5, 0.6) is 0 Å². The van der Waals surface area contributed by atoms with Crippen molar-refractivity contribution in [2.24, 2.45) is 0 Å². The lowest BCUT2D eigenvalue weighted by molar-refractivity contribution is -0.144. The van der Waals surface area contributed by atoms with E-state index in [1.165, 1.54) is 4.90 Å². The van der Waals surface area contributed by atoms with Crippen LogP contribution in [0.4, 0.5) is 4.79 Å². The monoisotopic (exact) mass is 278 g/mol. The summed E-state index contributed by atoms with van der Waals surface area (Å²) in [6.45, 7) is 5.82. The Morgan fingerprint density at radius 3 is 2.05 bits per heavy atom. The Labute approximate surface area is 112 Å². The first kappa shape index (κ1) is 17.6. The van der Waals surface area contributed by atoms with Crippen LogP contribution < -0.4 is 5.48 Å². The van der Waals surface area contributed by atoms with Gasteiger partial charge in [0.25, 0.3) is 0 Å². The summed E-state index contributed by atoms with van der Waals surface area (Å²) >= 11 is 0. The highest BCUT2D eigenvalue weighted by atomic mass is 16.7. The molecule has 0 rings (SSSR count). The molecule has 0 saturated carbocycles. The van der Waals surface area contributed by atoms with Crippen LogP contribution in [-0.4, -0.2) is 68.1 Å². The summed E-state index contributed by atoms with van der Waals surface area (Å²) in [7, 11) is 0. The summed E-state index contributed by atoms with van der Waals surface area (Å²) in [4.78, 5) is 27.9. The number of carboxylic acids is 1. The molecule has 0 fully saturated rings. The number of amides is 2. The highest BCUT2D eigenvalue weighted by molar-refractivity contribution is 5.73. The zero-order valence-corrected chi connectivity index (χ0v) is 11.4. The van der Waals surface area contributed by atoms with Gasteiger partial charge in [-0.15, -0.1) is 0 Å². The van der Waals surface area contributed by atoms with E-state index in [-0.39, 0.29) is 0 Å². The number of aliphatic carboxylic acids is 1. The number of nitrogens with zero attached hydrogens (tertiary/aromatic N) is 1. The van der Waals surface area contributed by atoms with Crippen molar-refractivity contribution in [3.8, 4) is 0 Å². The Balaban J connectivity index is 4.04. The van der Waals surface area contributed by atoms with Gasteiger partial charge in [-0.2, -0.15) is 0 Å². The molecule has 112 valence electrons. The standard InChI is InChI=1S/C11H22N2O6/c1-3-17-7-5-13(6-8-18-4-2)11(16)12-19-9-10(14)15/h3-9H2,1-2H3,(H,12,16)(H,14,15). The highest BCUT2D eigenvalue weighted by Crippen LogP contribution is 1.92. The maximum absolute atomic E-state index is 11.7. The van der Waals surface area contributed by atoms with Gasteiger partial charge in [0.2, 0.25) is 0 Å². The maximum atomic E-state index is 11.7. The molecule has 0 aromatic rings. The average molecular weight is 278 g/mol.